The van der Waals surface area contributed by atoms with Crippen LogP contribution in [0.4, 0.5) is 24.5 Å². The van der Waals surface area contributed by atoms with Crippen LogP contribution < -0.4 is 14.5 Å². The lowest BCUT2D eigenvalue weighted by Gasteiger charge is -2.39. The van der Waals surface area contributed by atoms with Gasteiger partial charge in [-0.15, -0.1) is 0 Å². The van der Waals surface area contributed by atoms with Crippen molar-refractivity contribution in [3.8, 4) is 5.75 Å². The Hall–Kier alpha value is -2.45. The van der Waals surface area contributed by atoms with Crippen LogP contribution in [0.2, 0.25) is 5.02 Å². The number of carbonyl (C=O) groups is 1. The van der Waals surface area contributed by atoms with Crippen LogP contribution in [-0.4, -0.2) is 43.4 Å². The highest BCUT2D eigenvalue weighted by atomic mass is 35.5. The predicted molar refractivity (Wildman–Crippen MR) is 111 cm³/mol. The fourth-order valence-corrected chi connectivity index (χ4v) is 4.29. The van der Waals surface area contributed by atoms with Crippen LogP contribution >= 0.6 is 11.6 Å². The molecule has 0 bridgehead atoms. The standard InChI is InChI=1S/C22H22ClF3N2O3/c1-27-19(29)5-3-14-18(11-16(25)20(26)21(14)27)31-12-22(30)6-8-28(9-7-22)17-4-2-13(23)10-15(17)24/h2,4,10-11,30H,3,5-9,12H2,1H3. The molecule has 1 fully saturated rings. The number of amides is 1. The Kier molecular flexibility index (Phi) is 5.79. The first kappa shape index (κ1) is 21.8. The van der Waals surface area contributed by atoms with Crippen molar-refractivity contribution in [3.05, 3.63) is 52.3 Å². The van der Waals surface area contributed by atoms with E-state index in [0.29, 0.717) is 42.2 Å². The molecule has 0 atom stereocenters. The predicted octanol–water partition coefficient (Wildman–Crippen LogP) is 4.08. The van der Waals surface area contributed by atoms with E-state index in [1.54, 1.807) is 12.1 Å². The van der Waals surface area contributed by atoms with E-state index >= 15 is 0 Å². The molecule has 5 nitrogen and oxygen atoms in total. The maximum atomic E-state index is 14.3. The van der Waals surface area contributed by atoms with E-state index in [4.69, 9.17) is 16.3 Å². The van der Waals surface area contributed by atoms with Gasteiger partial charge in [0, 0.05) is 43.2 Å². The second kappa shape index (κ2) is 8.24. The third-order valence-electron chi connectivity index (χ3n) is 6.00. The zero-order chi connectivity index (χ0) is 22.3. The highest BCUT2D eigenvalue weighted by Crippen LogP contribution is 2.39. The molecule has 2 aliphatic rings. The molecule has 0 unspecified atom stereocenters. The summed E-state index contributed by atoms with van der Waals surface area (Å²) >= 11 is 5.80. The number of hydrogen-bond acceptors (Lipinski definition) is 4. The van der Waals surface area contributed by atoms with Crippen molar-refractivity contribution in [2.75, 3.05) is 36.5 Å². The average Bonchev–Trinajstić information content (AvgIpc) is 2.73. The van der Waals surface area contributed by atoms with Crippen molar-refractivity contribution < 1.29 is 27.8 Å². The summed E-state index contributed by atoms with van der Waals surface area (Å²) in [6.45, 7) is 0.663. The lowest BCUT2D eigenvalue weighted by atomic mass is 9.92. The summed E-state index contributed by atoms with van der Waals surface area (Å²) in [6, 6.07) is 5.41. The molecule has 0 aromatic heterocycles. The first-order chi connectivity index (χ1) is 14.7. The molecule has 2 aromatic rings. The van der Waals surface area contributed by atoms with Crippen LogP contribution in [0.1, 0.15) is 24.8 Å². The molecule has 1 N–H and O–H groups in total. The molecule has 9 heteroatoms. The lowest BCUT2D eigenvalue weighted by Crippen LogP contribution is -2.48. The lowest BCUT2D eigenvalue weighted by molar-refractivity contribution is -0.118. The smallest absolute Gasteiger partial charge is 0.227 e. The number of anilines is 2. The van der Waals surface area contributed by atoms with E-state index in [0.717, 1.165) is 11.0 Å². The van der Waals surface area contributed by atoms with Crippen molar-refractivity contribution in [2.45, 2.75) is 31.3 Å². The molecule has 0 aliphatic carbocycles. The molecule has 0 radical (unpaired) electrons. The van der Waals surface area contributed by atoms with Crippen LogP contribution in [0.5, 0.6) is 5.75 Å². The second-order valence-electron chi connectivity index (χ2n) is 8.05. The highest BCUT2D eigenvalue weighted by molar-refractivity contribution is 6.30. The molecule has 2 aliphatic heterocycles. The molecule has 166 valence electrons. The number of aliphatic hydroxyl groups is 1. The number of halogens is 4. The molecular weight excluding hydrogens is 433 g/mol. The van der Waals surface area contributed by atoms with Crippen molar-refractivity contribution in [2.24, 2.45) is 0 Å². The minimum atomic E-state index is -1.20. The minimum Gasteiger partial charge on any atom is -0.490 e. The van der Waals surface area contributed by atoms with Gasteiger partial charge in [-0.3, -0.25) is 4.79 Å². The van der Waals surface area contributed by atoms with E-state index in [-0.39, 0.29) is 36.8 Å². The van der Waals surface area contributed by atoms with Gasteiger partial charge >= 0.3 is 0 Å². The topological polar surface area (TPSA) is 53.0 Å². The van der Waals surface area contributed by atoms with Crippen LogP contribution in [0.25, 0.3) is 0 Å². The zero-order valence-electron chi connectivity index (χ0n) is 16.9. The summed E-state index contributed by atoms with van der Waals surface area (Å²) < 4.78 is 48.3. The van der Waals surface area contributed by atoms with Gasteiger partial charge in [0.25, 0.3) is 0 Å². The van der Waals surface area contributed by atoms with Crippen molar-refractivity contribution in [3.63, 3.8) is 0 Å². The van der Waals surface area contributed by atoms with Gasteiger partial charge in [-0.05, 0) is 37.5 Å². The fraction of sp³-hybridized carbons (Fsp3) is 0.409. The first-order valence-electron chi connectivity index (χ1n) is 10.0. The van der Waals surface area contributed by atoms with Gasteiger partial charge in [0.2, 0.25) is 5.91 Å². The van der Waals surface area contributed by atoms with Gasteiger partial charge in [0.1, 0.15) is 23.8 Å². The van der Waals surface area contributed by atoms with Crippen LogP contribution in [0.15, 0.2) is 24.3 Å². The largest absolute Gasteiger partial charge is 0.490 e. The quantitative estimate of drug-likeness (QED) is 0.756. The monoisotopic (exact) mass is 454 g/mol. The molecule has 0 saturated carbocycles. The molecule has 1 amide bonds. The number of hydrogen-bond donors (Lipinski definition) is 1. The fourth-order valence-electron chi connectivity index (χ4n) is 4.13. The van der Waals surface area contributed by atoms with Crippen LogP contribution in [-0.2, 0) is 11.2 Å². The number of benzene rings is 2. The van der Waals surface area contributed by atoms with E-state index < -0.39 is 23.1 Å². The normalized spacial score (nSPS) is 18.2. The third kappa shape index (κ3) is 4.19. The number of ether oxygens (including phenoxy) is 1. The summed E-state index contributed by atoms with van der Waals surface area (Å²) in [5.41, 5.74) is -0.501. The van der Waals surface area contributed by atoms with E-state index in [2.05, 4.69) is 0 Å². The number of nitrogens with zero attached hydrogens (tertiary/aromatic N) is 2. The number of rotatable bonds is 4. The summed E-state index contributed by atoms with van der Waals surface area (Å²) in [7, 11) is 1.39. The Bertz CT molecular complexity index is 1030. The Morgan fingerprint density at radius 1 is 1.13 bits per heavy atom. The Morgan fingerprint density at radius 3 is 2.52 bits per heavy atom. The van der Waals surface area contributed by atoms with Gasteiger partial charge in [0.05, 0.1) is 11.4 Å². The van der Waals surface area contributed by atoms with Gasteiger partial charge in [-0.2, -0.15) is 0 Å². The number of piperidine rings is 1. The molecule has 2 heterocycles. The Balaban J connectivity index is 1.47. The summed E-state index contributed by atoms with van der Waals surface area (Å²) in [5, 5.41) is 11.2. The maximum Gasteiger partial charge on any atom is 0.227 e. The summed E-state index contributed by atoms with van der Waals surface area (Å²) in [5.74, 6) is -2.82. The van der Waals surface area contributed by atoms with Crippen molar-refractivity contribution in [1.29, 1.82) is 0 Å². The van der Waals surface area contributed by atoms with E-state index in [1.165, 1.54) is 13.1 Å². The van der Waals surface area contributed by atoms with Crippen molar-refractivity contribution in [1.82, 2.24) is 0 Å². The van der Waals surface area contributed by atoms with E-state index in [1.807, 2.05) is 4.90 Å². The second-order valence-corrected chi connectivity index (χ2v) is 8.48. The molecule has 2 aromatic carbocycles. The maximum absolute atomic E-state index is 14.3. The van der Waals surface area contributed by atoms with Gasteiger partial charge in [-0.25, -0.2) is 13.2 Å². The van der Waals surface area contributed by atoms with Crippen LogP contribution in [0, 0.1) is 17.5 Å². The minimum absolute atomic E-state index is 0.118. The summed E-state index contributed by atoms with van der Waals surface area (Å²) in [6.07, 6.45) is 1.00. The van der Waals surface area contributed by atoms with Crippen LogP contribution in [0.3, 0.4) is 0 Å². The SMILES string of the molecule is CN1C(=O)CCc2c(OCC3(O)CCN(c4ccc(Cl)cc4F)CC3)cc(F)c(F)c21. The van der Waals surface area contributed by atoms with Gasteiger partial charge in [0.15, 0.2) is 11.6 Å². The zero-order valence-corrected chi connectivity index (χ0v) is 17.7. The van der Waals surface area contributed by atoms with Gasteiger partial charge < -0.3 is 19.6 Å². The molecule has 4 rings (SSSR count). The summed E-state index contributed by atoms with van der Waals surface area (Å²) in [4.78, 5) is 14.8. The van der Waals surface area contributed by atoms with Crippen molar-refractivity contribution >= 4 is 28.9 Å². The highest BCUT2D eigenvalue weighted by Gasteiger charge is 2.35. The Morgan fingerprint density at radius 2 is 1.84 bits per heavy atom. The average molecular weight is 455 g/mol. The molecule has 0 spiro atoms. The molecular formula is C22H22ClF3N2O3. The number of fused-ring (bicyclic) bond motifs is 1. The molecule has 31 heavy (non-hydrogen) atoms. The van der Waals surface area contributed by atoms with Gasteiger partial charge in [-0.1, -0.05) is 11.6 Å². The third-order valence-corrected chi connectivity index (χ3v) is 6.23. The first-order valence-corrected chi connectivity index (χ1v) is 10.4. The van der Waals surface area contributed by atoms with E-state index in [9.17, 15) is 23.1 Å². The Labute approximate surface area is 183 Å². The number of carbonyl (C=O) groups excluding carboxylic acids is 1. The molecule has 1 saturated heterocycles.